The highest BCUT2D eigenvalue weighted by Gasteiger charge is 2.24. The fraction of sp³-hybridized carbons (Fsp3) is 0.619. The highest BCUT2D eigenvalue weighted by Crippen LogP contribution is 2.30. The lowest BCUT2D eigenvalue weighted by atomic mass is 9.82. The summed E-state index contributed by atoms with van der Waals surface area (Å²) < 4.78 is 5.85. The molecule has 0 N–H and O–H groups in total. The fourth-order valence-electron chi connectivity index (χ4n) is 3.84. The molecule has 1 aromatic rings. The van der Waals surface area contributed by atoms with Crippen LogP contribution in [0.15, 0.2) is 23.8 Å². The van der Waals surface area contributed by atoms with E-state index in [1.807, 2.05) is 0 Å². The fourth-order valence-corrected chi connectivity index (χ4v) is 3.84. The second-order valence-corrected chi connectivity index (χ2v) is 8.42. The quantitative estimate of drug-likeness (QED) is 0.801. The Morgan fingerprint density at radius 1 is 1.09 bits per heavy atom. The van der Waals surface area contributed by atoms with E-state index in [9.17, 15) is 0 Å². The van der Waals surface area contributed by atoms with Gasteiger partial charge in [0.1, 0.15) is 0 Å². The van der Waals surface area contributed by atoms with Crippen LogP contribution in [-0.4, -0.2) is 36.7 Å². The second kappa shape index (κ2) is 6.41. The smallest absolute Gasteiger partial charge is 0.0678 e. The summed E-state index contributed by atoms with van der Waals surface area (Å²) in [6, 6.07) is 7.04. The van der Waals surface area contributed by atoms with Crippen LogP contribution in [0.3, 0.4) is 0 Å². The minimum absolute atomic E-state index is 0.235. The summed E-state index contributed by atoms with van der Waals surface area (Å²) in [6.45, 7) is 14.4. The number of nitrogens with zero attached hydrogens (tertiary/aromatic N) is 1. The summed E-state index contributed by atoms with van der Waals surface area (Å²) in [4.78, 5) is 2.55. The van der Waals surface area contributed by atoms with Crippen molar-refractivity contribution in [2.24, 2.45) is 0 Å². The minimum Gasteiger partial charge on any atom is -0.373 e. The van der Waals surface area contributed by atoms with E-state index in [4.69, 9.17) is 4.74 Å². The Balaban J connectivity index is 1.73. The standard InChI is InChI=1S/C21H31NO/c1-15-12-22(13-16(2)23-15)14-17-6-7-19-11-20(21(3,4)5)9-8-18(19)10-17/h8-11,15-16H,6-7,12-14H2,1-5H3/t15-,16+. The summed E-state index contributed by atoms with van der Waals surface area (Å²) in [6.07, 6.45) is 5.51. The lowest BCUT2D eigenvalue weighted by molar-refractivity contribution is -0.0654. The van der Waals surface area contributed by atoms with Crippen molar-refractivity contribution >= 4 is 6.08 Å². The van der Waals surface area contributed by atoms with E-state index in [-0.39, 0.29) is 5.41 Å². The number of hydrogen-bond acceptors (Lipinski definition) is 2. The predicted molar refractivity (Wildman–Crippen MR) is 97.9 cm³/mol. The van der Waals surface area contributed by atoms with Crippen LogP contribution < -0.4 is 0 Å². The number of aryl methyl sites for hydroxylation is 1. The van der Waals surface area contributed by atoms with Crippen molar-refractivity contribution in [2.75, 3.05) is 19.6 Å². The van der Waals surface area contributed by atoms with Gasteiger partial charge in [-0.15, -0.1) is 0 Å². The van der Waals surface area contributed by atoms with Crippen molar-refractivity contribution in [1.82, 2.24) is 4.90 Å². The van der Waals surface area contributed by atoms with Crippen molar-refractivity contribution < 1.29 is 4.74 Å². The first-order valence-corrected chi connectivity index (χ1v) is 9.02. The number of morpholine rings is 1. The Bertz CT molecular complexity index is 586. The zero-order valence-corrected chi connectivity index (χ0v) is 15.4. The third kappa shape index (κ3) is 4.05. The van der Waals surface area contributed by atoms with Crippen LogP contribution in [0.1, 0.15) is 57.7 Å². The molecule has 1 heterocycles. The van der Waals surface area contributed by atoms with Gasteiger partial charge in [0.05, 0.1) is 12.2 Å². The van der Waals surface area contributed by atoms with Crippen LogP contribution in [0, 0.1) is 0 Å². The largest absolute Gasteiger partial charge is 0.373 e. The van der Waals surface area contributed by atoms with Crippen molar-refractivity contribution in [2.45, 2.75) is 65.1 Å². The summed E-state index contributed by atoms with van der Waals surface area (Å²) in [5, 5.41) is 0. The highest BCUT2D eigenvalue weighted by molar-refractivity contribution is 5.61. The van der Waals surface area contributed by atoms with Crippen LogP contribution >= 0.6 is 0 Å². The van der Waals surface area contributed by atoms with E-state index in [0.29, 0.717) is 12.2 Å². The molecule has 0 aromatic heterocycles. The van der Waals surface area contributed by atoms with Crippen molar-refractivity contribution in [3.8, 4) is 0 Å². The molecular formula is C21H31NO. The maximum atomic E-state index is 5.85. The third-order valence-corrected chi connectivity index (χ3v) is 5.01. The summed E-state index contributed by atoms with van der Waals surface area (Å²) in [7, 11) is 0. The van der Waals surface area contributed by atoms with Gasteiger partial charge in [-0.2, -0.15) is 0 Å². The van der Waals surface area contributed by atoms with Gasteiger partial charge in [-0.05, 0) is 48.8 Å². The van der Waals surface area contributed by atoms with Crippen molar-refractivity contribution in [1.29, 1.82) is 0 Å². The molecule has 1 aromatic carbocycles. The number of benzene rings is 1. The molecule has 23 heavy (non-hydrogen) atoms. The predicted octanol–water partition coefficient (Wildman–Crippen LogP) is 4.42. The van der Waals surface area contributed by atoms with Gasteiger partial charge in [-0.3, -0.25) is 4.90 Å². The molecule has 0 saturated carbocycles. The number of ether oxygens (including phenoxy) is 1. The summed E-state index contributed by atoms with van der Waals surface area (Å²) in [5.74, 6) is 0. The molecule has 0 unspecified atom stereocenters. The van der Waals surface area contributed by atoms with Crippen molar-refractivity contribution in [3.05, 3.63) is 40.5 Å². The molecule has 1 aliphatic carbocycles. The Kier molecular flexibility index (Phi) is 4.66. The van der Waals surface area contributed by atoms with Crippen molar-refractivity contribution in [3.63, 3.8) is 0 Å². The molecule has 0 bridgehead atoms. The van der Waals surface area contributed by atoms with Gasteiger partial charge in [-0.25, -0.2) is 0 Å². The van der Waals surface area contributed by atoms with Crippen LogP contribution in [0.5, 0.6) is 0 Å². The molecule has 2 nitrogen and oxygen atoms in total. The molecule has 0 radical (unpaired) electrons. The molecule has 1 aliphatic heterocycles. The van der Waals surface area contributed by atoms with Gasteiger partial charge >= 0.3 is 0 Å². The van der Waals surface area contributed by atoms with Gasteiger partial charge in [0, 0.05) is 19.6 Å². The molecule has 0 spiro atoms. The molecule has 2 heteroatoms. The maximum absolute atomic E-state index is 5.85. The monoisotopic (exact) mass is 313 g/mol. The van der Waals surface area contributed by atoms with Crippen LogP contribution in [-0.2, 0) is 16.6 Å². The molecule has 3 rings (SSSR count). The average molecular weight is 313 g/mol. The van der Waals surface area contributed by atoms with Gasteiger partial charge < -0.3 is 4.74 Å². The van der Waals surface area contributed by atoms with Gasteiger partial charge in [-0.1, -0.05) is 50.6 Å². The first-order chi connectivity index (χ1) is 10.8. The Morgan fingerprint density at radius 2 is 1.78 bits per heavy atom. The van der Waals surface area contributed by atoms with E-state index >= 15 is 0 Å². The van der Waals surface area contributed by atoms with Crippen LogP contribution in [0.4, 0.5) is 0 Å². The van der Waals surface area contributed by atoms with E-state index in [2.05, 4.69) is 63.8 Å². The first-order valence-electron chi connectivity index (χ1n) is 9.02. The lowest BCUT2D eigenvalue weighted by Gasteiger charge is -2.36. The Morgan fingerprint density at radius 3 is 2.43 bits per heavy atom. The van der Waals surface area contributed by atoms with Crippen LogP contribution in [0.2, 0.25) is 0 Å². The summed E-state index contributed by atoms with van der Waals surface area (Å²) in [5.41, 5.74) is 6.20. The first kappa shape index (κ1) is 16.7. The zero-order valence-electron chi connectivity index (χ0n) is 15.4. The highest BCUT2D eigenvalue weighted by atomic mass is 16.5. The molecule has 2 aliphatic rings. The van der Waals surface area contributed by atoms with E-state index < -0.39 is 0 Å². The SMILES string of the molecule is C[C@@H]1CN(CC2=Cc3ccc(C(C)(C)C)cc3CC2)C[C@H](C)O1. The molecule has 2 atom stereocenters. The van der Waals surface area contributed by atoms with Gasteiger partial charge in [0.25, 0.3) is 0 Å². The average Bonchev–Trinajstić information content (AvgIpc) is 2.44. The summed E-state index contributed by atoms with van der Waals surface area (Å²) >= 11 is 0. The minimum atomic E-state index is 0.235. The number of hydrogen-bond donors (Lipinski definition) is 0. The molecular weight excluding hydrogens is 282 g/mol. The molecule has 1 fully saturated rings. The van der Waals surface area contributed by atoms with E-state index in [0.717, 1.165) is 19.6 Å². The Hall–Kier alpha value is -1.12. The van der Waals surface area contributed by atoms with E-state index in [1.165, 1.54) is 29.5 Å². The maximum Gasteiger partial charge on any atom is 0.0678 e. The number of rotatable bonds is 2. The number of fused-ring (bicyclic) bond motifs is 1. The van der Waals surface area contributed by atoms with Crippen LogP contribution in [0.25, 0.3) is 6.08 Å². The zero-order chi connectivity index (χ0) is 16.6. The second-order valence-electron chi connectivity index (χ2n) is 8.42. The van der Waals surface area contributed by atoms with E-state index in [1.54, 1.807) is 5.57 Å². The lowest BCUT2D eigenvalue weighted by Crippen LogP contribution is -2.46. The van der Waals surface area contributed by atoms with Gasteiger partial charge in [0.2, 0.25) is 0 Å². The molecule has 126 valence electrons. The topological polar surface area (TPSA) is 12.5 Å². The Labute approximate surface area is 141 Å². The molecule has 1 saturated heterocycles. The molecule has 0 amide bonds. The third-order valence-electron chi connectivity index (χ3n) is 5.01. The van der Waals surface area contributed by atoms with Gasteiger partial charge in [0.15, 0.2) is 0 Å². The normalized spacial score (nSPS) is 25.9.